The molecule has 0 aromatic carbocycles. The Morgan fingerprint density at radius 1 is 1.59 bits per heavy atom. The van der Waals surface area contributed by atoms with Crippen LogP contribution in [0.3, 0.4) is 0 Å². The highest BCUT2D eigenvalue weighted by molar-refractivity contribution is 5.66. The van der Waals surface area contributed by atoms with E-state index in [4.69, 9.17) is 4.74 Å². The summed E-state index contributed by atoms with van der Waals surface area (Å²) in [7, 11) is 0. The normalized spacial score (nSPS) is 43.5. The monoisotopic (exact) mass is 238 g/mol. The van der Waals surface area contributed by atoms with Gasteiger partial charge in [0.15, 0.2) is 0 Å². The summed E-state index contributed by atoms with van der Waals surface area (Å²) in [4.78, 5) is 11.1. The molecule has 96 valence electrons. The van der Waals surface area contributed by atoms with E-state index in [1.807, 2.05) is 13.0 Å². The van der Waals surface area contributed by atoms with Crippen LogP contribution in [0.25, 0.3) is 0 Å². The zero-order chi connectivity index (χ0) is 12.6. The molecule has 0 saturated heterocycles. The first-order chi connectivity index (χ1) is 7.99. The average molecular weight is 238 g/mol. The number of aliphatic hydroxyl groups excluding tert-OH is 1. The first-order valence-electron chi connectivity index (χ1n) is 6.51. The molecule has 17 heavy (non-hydrogen) atoms. The van der Waals surface area contributed by atoms with Crippen molar-refractivity contribution in [3.63, 3.8) is 0 Å². The number of rotatable bonds is 1. The fourth-order valence-corrected chi connectivity index (χ4v) is 3.86. The lowest BCUT2D eigenvalue weighted by Crippen LogP contribution is -2.39. The van der Waals surface area contributed by atoms with Gasteiger partial charge in [0.2, 0.25) is 0 Å². The van der Waals surface area contributed by atoms with Gasteiger partial charge < -0.3 is 9.84 Å². The maximum absolute atomic E-state index is 11.1. The van der Waals surface area contributed by atoms with E-state index >= 15 is 0 Å². The third-order valence-corrected chi connectivity index (χ3v) is 4.58. The largest absolute Gasteiger partial charge is 0.462 e. The lowest BCUT2D eigenvalue weighted by molar-refractivity contribution is -0.153. The smallest absolute Gasteiger partial charge is 0.302 e. The molecule has 0 spiro atoms. The Labute approximate surface area is 103 Å². The van der Waals surface area contributed by atoms with E-state index in [1.54, 1.807) is 0 Å². The molecule has 2 rings (SSSR count). The van der Waals surface area contributed by atoms with Gasteiger partial charge in [0.05, 0.1) is 6.10 Å². The van der Waals surface area contributed by atoms with Crippen molar-refractivity contribution in [2.24, 2.45) is 11.3 Å². The molecule has 0 unspecified atom stereocenters. The van der Waals surface area contributed by atoms with Crippen LogP contribution in [0.4, 0.5) is 0 Å². The molecule has 2 saturated carbocycles. The highest BCUT2D eigenvalue weighted by Gasteiger charge is 2.52. The molecule has 0 amide bonds. The molecular weight excluding hydrogens is 216 g/mol. The van der Waals surface area contributed by atoms with Gasteiger partial charge in [0.25, 0.3) is 0 Å². The number of aliphatic hydroxyl groups is 1. The predicted molar refractivity (Wildman–Crippen MR) is 65.4 cm³/mol. The molecule has 2 fully saturated rings. The third kappa shape index (κ3) is 2.01. The molecular formula is C14H22O3. The molecule has 0 radical (unpaired) electrons. The van der Waals surface area contributed by atoms with Crippen LogP contribution in [0, 0.1) is 11.3 Å². The van der Waals surface area contributed by atoms with E-state index in [2.05, 4.69) is 6.92 Å². The lowest BCUT2D eigenvalue weighted by Gasteiger charge is -2.41. The van der Waals surface area contributed by atoms with Gasteiger partial charge in [-0.3, -0.25) is 4.79 Å². The molecule has 0 heterocycles. The van der Waals surface area contributed by atoms with E-state index in [-0.39, 0.29) is 29.5 Å². The van der Waals surface area contributed by atoms with Gasteiger partial charge in [-0.2, -0.15) is 0 Å². The Morgan fingerprint density at radius 2 is 2.29 bits per heavy atom. The number of hydrogen-bond donors (Lipinski definition) is 1. The molecule has 4 atom stereocenters. The van der Waals surface area contributed by atoms with Crippen LogP contribution in [0.5, 0.6) is 0 Å². The number of fused-ring (bicyclic) bond motifs is 1. The number of allylic oxidation sites excluding steroid dienone is 1. The lowest BCUT2D eigenvalue weighted by atomic mass is 9.66. The van der Waals surface area contributed by atoms with Crippen LogP contribution < -0.4 is 0 Å². The van der Waals surface area contributed by atoms with Gasteiger partial charge in [-0.1, -0.05) is 13.0 Å². The van der Waals surface area contributed by atoms with Gasteiger partial charge >= 0.3 is 5.97 Å². The van der Waals surface area contributed by atoms with Crippen molar-refractivity contribution < 1.29 is 14.6 Å². The molecule has 0 aromatic rings. The van der Waals surface area contributed by atoms with Gasteiger partial charge in [-0.05, 0) is 43.6 Å². The molecule has 0 aliphatic heterocycles. The van der Waals surface area contributed by atoms with Crippen molar-refractivity contribution in [3.05, 3.63) is 11.6 Å². The Bertz CT molecular complexity index is 347. The Morgan fingerprint density at radius 3 is 2.88 bits per heavy atom. The fourth-order valence-electron chi connectivity index (χ4n) is 3.86. The van der Waals surface area contributed by atoms with E-state index in [1.165, 1.54) is 6.92 Å². The van der Waals surface area contributed by atoms with Gasteiger partial charge in [-0.15, -0.1) is 0 Å². The number of carbonyl (C=O) groups excluding carboxylic acids is 1. The highest BCUT2D eigenvalue weighted by atomic mass is 16.5. The van der Waals surface area contributed by atoms with Crippen LogP contribution in [0.1, 0.15) is 46.5 Å². The standard InChI is InChI=1S/C14H22O3/c1-4-10-12(16)8-11-13(17-9(2)15)6-5-7-14(10,11)3/h4,11-13,16H,5-8H2,1-3H3/b10-4+/t11-,12+,13-,14-/m0/s1. The molecule has 0 aromatic heterocycles. The molecule has 3 nitrogen and oxygen atoms in total. The zero-order valence-electron chi connectivity index (χ0n) is 10.9. The second-order valence-corrected chi connectivity index (χ2v) is 5.56. The second-order valence-electron chi connectivity index (χ2n) is 5.56. The topological polar surface area (TPSA) is 46.5 Å². The summed E-state index contributed by atoms with van der Waals surface area (Å²) in [5, 5.41) is 10.1. The van der Waals surface area contributed by atoms with Crippen molar-refractivity contribution in [1.29, 1.82) is 0 Å². The summed E-state index contributed by atoms with van der Waals surface area (Å²) in [5.74, 6) is 0.0732. The van der Waals surface area contributed by atoms with Crippen LogP contribution in [0.15, 0.2) is 11.6 Å². The van der Waals surface area contributed by atoms with Crippen molar-refractivity contribution >= 4 is 5.97 Å². The van der Waals surface area contributed by atoms with E-state index in [0.29, 0.717) is 0 Å². The van der Waals surface area contributed by atoms with Crippen LogP contribution in [0.2, 0.25) is 0 Å². The van der Waals surface area contributed by atoms with E-state index < -0.39 is 0 Å². The SMILES string of the molecule is C/C=C1\[C@H](O)C[C@H]2[C@@H](OC(C)=O)CCC[C@@]12C. The zero-order valence-corrected chi connectivity index (χ0v) is 10.9. The molecule has 1 N–H and O–H groups in total. The van der Waals surface area contributed by atoms with Crippen LogP contribution in [-0.2, 0) is 9.53 Å². The molecule has 2 aliphatic rings. The van der Waals surface area contributed by atoms with Gasteiger partial charge in [0, 0.05) is 12.8 Å². The summed E-state index contributed by atoms with van der Waals surface area (Å²) in [6.07, 6.45) is 5.49. The number of carbonyl (C=O) groups is 1. The first-order valence-corrected chi connectivity index (χ1v) is 6.51. The summed E-state index contributed by atoms with van der Waals surface area (Å²) in [6, 6.07) is 0. The van der Waals surface area contributed by atoms with Gasteiger partial charge in [0.1, 0.15) is 6.10 Å². The predicted octanol–water partition coefficient (Wildman–Crippen LogP) is 2.44. The quantitative estimate of drug-likeness (QED) is 0.564. The number of ether oxygens (including phenoxy) is 1. The molecule has 2 aliphatic carbocycles. The summed E-state index contributed by atoms with van der Waals surface area (Å²) < 4.78 is 5.43. The minimum atomic E-state index is -0.355. The molecule has 0 bridgehead atoms. The van der Waals surface area contributed by atoms with Crippen molar-refractivity contribution in [3.8, 4) is 0 Å². The van der Waals surface area contributed by atoms with E-state index in [0.717, 1.165) is 31.3 Å². The summed E-state index contributed by atoms with van der Waals surface area (Å²) >= 11 is 0. The number of hydrogen-bond acceptors (Lipinski definition) is 3. The Kier molecular flexibility index (Phi) is 3.30. The van der Waals surface area contributed by atoms with Gasteiger partial charge in [-0.25, -0.2) is 0 Å². The highest BCUT2D eigenvalue weighted by Crippen LogP contribution is 2.55. The summed E-state index contributed by atoms with van der Waals surface area (Å²) in [6.45, 7) is 5.66. The molecule has 3 heteroatoms. The third-order valence-electron chi connectivity index (χ3n) is 4.58. The minimum Gasteiger partial charge on any atom is -0.462 e. The fraction of sp³-hybridized carbons (Fsp3) is 0.786. The Balaban J connectivity index is 2.26. The van der Waals surface area contributed by atoms with Crippen molar-refractivity contribution in [2.45, 2.75) is 58.7 Å². The maximum atomic E-state index is 11.1. The maximum Gasteiger partial charge on any atom is 0.302 e. The average Bonchev–Trinajstić information content (AvgIpc) is 2.49. The van der Waals surface area contributed by atoms with Crippen LogP contribution >= 0.6 is 0 Å². The van der Waals surface area contributed by atoms with Crippen LogP contribution in [-0.4, -0.2) is 23.3 Å². The Hall–Kier alpha value is -0.830. The summed E-state index contributed by atoms with van der Waals surface area (Å²) in [5.41, 5.74) is 1.16. The minimum absolute atomic E-state index is 0.0154. The second kappa shape index (κ2) is 4.45. The van der Waals surface area contributed by atoms with E-state index in [9.17, 15) is 9.90 Å². The first kappa shape index (κ1) is 12.6. The van der Waals surface area contributed by atoms with Crippen molar-refractivity contribution in [2.75, 3.05) is 0 Å². The van der Waals surface area contributed by atoms with Crippen molar-refractivity contribution in [1.82, 2.24) is 0 Å². The number of esters is 1.